The van der Waals surface area contributed by atoms with Crippen LogP contribution in [0.5, 0.6) is 0 Å². The molecule has 1 saturated carbocycles. The SMILES string of the molecule is CS(=O)c1cc(F)cc(NC(=O)c2c(C(F)(F)F)cnn2CC2CCC(F)(F)CC2)c1. The highest BCUT2D eigenvalue weighted by atomic mass is 32.2. The van der Waals surface area contributed by atoms with Crippen LogP contribution in [0.4, 0.5) is 32.0 Å². The Labute approximate surface area is 176 Å². The van der Waals surface area contributed by atoms with Gasteiger partial charge in [0.2, 0.25) is 5.92 Å². The van der Waals surface area contributed by atoms with Gasteiger partial charge in [-0.25, -0.2) is 13.2 Å². The molecular weight excluding hydrogens is 448 g/mol. The predicted molar refractivity (Wildman–Crippen MR) is 101 cm³/mol. The number of halogens is 6. The molecule has 1 amide bonds. The van der Waals surface area contributed by atoms with Crippen LogP contribution in [0.2, 0.25) is 0 Å². The number of hydrogen-bond donors (Lipinski definition) is 1. The zero-order chi connectivity index (χ0) is 23.0. The van der Waals surface area contributed by atoms with Crippen molar-refractivity contribution in [3.63, 3.8) is 0 Å². The quantitative estimate of drug-likeness (QED) is 0.639. The summed E-state index contributed by atoms with van der Waals surface area (Å²) in [5, 5.41) is 5.85. The standard InChI is InChI=1S/C19H19F6N3O2S/c1-31(30)14-7-12(20)6-13(8-14)27-17(29)16-15(19(23,24)25)9-26-28(16)10-11-2-4-18(21,22)5-3-11/h6-9,11H,2-5,10H2,1H3,(H,27,29). The van der Waals surface area contributed by atoms with E-state index in [0.717, 1.165) is 16.8 Å². The molecule has 1 atom stereocenters. The number of nitrogens with one attached hydrogen (secondary N) is 1. The van der Waals surface area contributed by atoms with Crippen molar-refractivity contribution in [2.75, 3.05) is 11.6 Å². The minimum absolute atomic E-state index is 0.0444. The van der Waals surface area contributed by atoms with Crippen molar-refractivity contribution < 1.29 is 35.3 Å². The van der Waals surface area contributed by atoms with E-state index in [4.69, 9.17) is 0 Å². The van der Waals surface area contributed by atoms with Gasteiger partial charge in [0.05, 0.1) is 6.20 Å². The molecule has 31 heavy (non-hydrogen) atoms. The van der Waals surface area contributed by atoms with Crippen LogP contribution < -0.4 is 5.32 Å². The van der Waals surface area contributed by atoms with Gasteiger partial charge >= 0.3 is 6.18 Å². The van der Waals surface area contributed by atoms with E-state index in [1.54, 1.807) is 0 Å². The van der Waals surface area contributed by atoms with E-state index in [0.29, 0.717) is 6.20 Å². The molecule has 1 aromatic carbocycles. The first-order valence-corrected chi connectivity index (χ1v) is 10.9. The van der Waals surface area contributed by atoms with Crippen LogP contribution >= 0.6 is 0 Å². The van der Waals surface area contributed by atoms with Crippen molar-refractivity contribution in [2.24, 2.45) is 5.92 Å². The van der Waals surface area contributed by atoms with E-state index in [9.17, 15) is 35.3 Å². The summed E-state index contributed by atoms with van der Waals surface area (Å²) in [6.07, 6.45) is -3.69. The second-order valence-corrected chi connectivity index (χ2v) is 8.85. The molecule has 1 aliphatic rings. The number of benzene rings is 1. The topological polar surface area (TPSA) is 64.0 Å². The predicted octanol–water partition coefficient (Wildman–Crippen LogP) is 4.86. The Hall–Kier alpha value is -2.37. The lowest BCUT2D eigenvalue weighted by Crippen LogP contribution is -2.29. The van der Waals surface area contributed by atoms with Crippen LogP contribution in [-0.2, 0) is 23.5 Å². The molecule has 12 heteroatoms. The first-order chi connectivity index (χ1) is 14.4. The summed E-state index contributed by atoms with van der Waals surface area (Å²) < 4.78 is 93.2. The summed E-state index contributed by atoms with van der Waals surface area (Å²) in [5.41, 5.74) is -2.26. The van der Waals surface area contributed by atoms with Gasteiger partial charge < -0.3 is 5.32 Å². The van der Waals surface area contributed by atoms with Crippen molar-refractivity contribution >= 4 is 22.4 Å². The Balaban J connectivity index is 1.89. The third-order valence-electron chi connectivity index (χ3n) is 5.09. The third-order valence-corrected chi connectivity index (χ3v) is 5.99. The van der Waals surface area contributed by atoms with E-state index < -0.39 is 45.9 Å². The molecule has 0 radical (unpaired) electrons. The fourth-order valence-electron chi connectivity index (χ4n) is 3.49. The van der Waals surface area contributed by atoms with Crippen molar-refractivity contribution in [1.29, 1.82) is 0 Å². The summed E-state index contributed by atoms with van der Waals surface area (Å²) in [4.78, 5) is 12.8. The van der Waals surface area contributed by atoms with Crippen LogP contribution in [0.1, 0.15) is 41.7 Å². The molecule has 5 nitrogen and oxygen atoms in total. The van der Waals surface area contributed by atoms with Crippen molar-refractivity contribution in [2.45, 2.75) is 49.2 Å². The number of aromatic nitrogens is 2. The van der Waals surface area contributed by atoms with Crippen LogP contribution in [0.3, 0.4) is 0 Å². The second kappa shape index (κ2) is 8.64. The zero-order valence-electron chi connectivity index (χ0n) is 16.3. The van der Waals surface area contributed by atoms with Crippen molar-refractivity contribution in [3.8, 4) is 0 Å². The highest BCUT2D eigenvalue weighted by molar-refractivity contribution is 7.84. The van der Waals surface area contributed by atoms with Gasteiger partial charge in [-0.2, -0.15) is 18.3 Å². The Kier molecular flexibility index (Phi) is 6.49. The molecule has 1 aromatic heterocycles. The monoisotopic (exact) mass is 467 g/mol. The molecule has 1 heterocycles. The largest absolute Gasteiger partial charge is 0.420 e. The number of rotatable bonds is 5. The van der Waals surface area contributed by atoms with Gasteiger partial charge in [0, 0.05) is 47.0 Å². The first kappa shape index (κ1) is 23.3. The van der Waals surface area contributed by atoms with E-state index in [1.165, 1.54) is 12.3 Å². The molecule has 1 aliphatic carbocycles. The number of carbonyl (C=O) groups excluding carboxylic acids is 1. The van der Waals surface area contributed by atoms with E-state index in [-0.39, 0.29) is 48.7 Å². The Morgan fingerprint density at radius 2 is 1.90 bits per heavy atom. The van der Waals surface area contributed by atoms with Crippen LogP contribution in [0.25, 0.3) is 0 Å². The van der Waals surface area contributed by atoms with Gasteiger partial charge in [0.25, 0.3) is 5.91 Å². The van der Waals surface area contributed by atoms with Crippen molar-refractivity contribution in [3.05, 3.63) is 41.5 Å². The number of carbonyl (C=O) groups is 1. The fourth-order valence-corrected chi connectivity index (χ4v) is 4.06. The lowest BCUT2D eigenvalue weighted by molar-refractivity contribution is -0.138. The van der Waals surface area contributed by atoms with Gasteiger partial charge in [-0.05, 0) is 37.0 Å². The number of anilines is 1. The van der Waals surface area contributed by atoms with Crippen LogP contribution in [-0.4, -0.2) is 32.1 Å². The molecule has 0 aliphatic heterocycles. The number of amides is 1. The molecule has 3 rings (SSSR count). The highest BCUT2D eigenvalue weighted by Crippen LogP contribution is 2.38. The summed E-state index contributed by atoms with van der Waals surface area (Å²) in [5.74, 6) is -5.18. The normalized spacial score (nSPS) is 18.0. The number of hydrogen-bond acceptors (Lipinski definition) is 3. The molecule has 2 aromatic rings. The van der Waals surface area contributed by atoms with Gasteiger partial charge in [-0.15, -0.1) is 0 Å². The second-order valence-electron chi connectivity index (χ2n) is 7.47. The van der Waals surface area contributed by atoms with Crippen LogP contribution in [0, 0.1) is 11.7 Å². The molecule has 1 unspecified atom stereocenters. The van der Waals surface area contributed by atoms with Crippen molar-refractivity contribution in [1.82, 2.24) is 9.78 Å². The Morgan fingerprint density at radius 1 is 1.26 bits per heavy atom. The average Bonchev–Trinajstić information content (AvgIpc) is 3.07. The summed E-state index contributed by atoms with van der Waals surface area (Å²) in [6.45, 7) is -0.137. The van der Waals surface area contributed by atoms with Gasteiger partial charge in [0.15, 0.2) is 0 Å². The molecule has 0 bridgehead atoms. The highest BCUT2D eigenvalue weighted by Gasteiger charge is 2.40. The summed E-state index contributed by atoms with van der Waals surface area (Å²) in [7, 11) is -1.59. The smallest absolute Gasteiger partial charge is 0.321 e. The minimum atomic E-state index is -4.89. The lowest BCUT2D eigenvalue weighted by Gasteiger charge is -2.28. The number of nitrogens with zero attached hydrogens (tertiary/aromatic N) is 2. The average molecular weight is 467 g/mol. The maximum atomic E-state index is 13.8. The lowest BCUT2D eigenvalue weighted by atomic mass is 9.87. The van der Waals surface area contributed by atoms with Crippen LogP contribution in [0.15, 0.2) is 29.3 Å². The Morgan fingerprint density at radius 3 is 2.48 bits per heavy atom. The molecular formula is C19H19F6N3O2S. The van der Waals surface area contributed by atoms with Gasteiger partial charge in [-0.3, -0.25) is 13.7 Å². The molecule has 1 fully saturated rings. The molecule has 170 valence electrons. The maximum absolute atomic E-state index is 13.8. The Bertz CT molecular complexity index is 995. The maximum Gasteiger partial charge on any atom is 0.420 e. The van der Waals surface area contributed by atoms with Gasteiger partial charge in [-0.1, -0.05) is 0 Å². The zero-order valence-corrected chi connectivity index (χ0v) is 17.1. The molecule has 0 saturated heterocycles. The van der Waals surface area contributed by atoms with Gasteiger partial charge in [0.1, 0.15) is 17.1 Å². The molecule has 1 N–H and O–H groups in total. The van der Waals surface area contributed by atoms with E-state index in [1.807, 2.05) is 0 Å². The third kappa shape index (κ3) is 5.66. The van der Waals surface area contributed by atoms with E-state index in [2.05, 4.69) is 10.4 Å². The summed E-state index contributed by atoms with van der Waals surface area (Å²) in [6, 6.07) is 3.05. The first-order valence-electron chi connectivity index (χ1n) is 9.32. The van der Waals surface area contributed by atoms with E-state index >= 15 is 0 Å². The summed E-state index contributed by atoms with van der Waals surface area (Å²) >= 11 is 0. The fraction of sp³-hybridized carbons (Fsp3) is 0.474. The molecule has 0 spiro atoms. The number of alkyl halides is 5. The minimum Gasteiger partial charge on any atom is -0.321 e.